The Balaban J connectivity index is 1.36. The van der Waals surface area contributed by atoms with Crippen LogP contribution in [0.1, 0.15) is 15.9 Å². The highest BCUT2D eigenvalue weighted by molar-refractivity contribution is 6.33. The Labute approximate surface area is 207 Å². The average Bonchev–Trinajstić information content (AvgIpc) is 3.35. The van der Waals surface area contributed by atoms with Crippen molar-refractivity contribution in [2.24, 2.45) is 0 Å². The van der Waals surface area contributed by atoms with Gasteiger partial charge in [-0.05, 0) is 37.3 Å². The molecule has 2 heterocycles. The third-order valence-corrected chi connectivity index (χ3v) is 6.13. The van der Waals surface area contributed by atoms with Gasteiger partial charge in [-0.25, -0.2) is 4.98 Å². The molecule has 2 N–H and O–H groups in total. The van der Waals surface area contributed by atoms with E-state index >= 15 is 0 Å². The molecule has 2 amide bonds. The largest absolute Gasteiger partial charge is 0.436 e. The van der Waals surface area contributed by atoms with Crippen LogP contribution >= 0.6 is 11.6 Å². The van der Waals surface area contributed by atoms with E-state index in [-0.39, 0.29) is 18.4 Å². The van der Waals surface area contributed by atoms with Crippen molar-refractivity contribution in [3.63, 3.8) is 0 Å². The molecule has 8 heteroatoms. The van der Waals surface area contributed by atoms with Gasteiger partial charge in [0.25, 0.3) is 5.91 Å². The summed E-state index contributed by atoms with van der Waals surface area (Å²) >= 11 is 6.49. The van der Waals surface area contributed by atoms with E-state index in [0.29, 0.717) is 46.6 Å². The number of rotatable bonds is 5. The molecular formula is C27H23ClN4O3. The molecule has 0 unspecified atom stereocenters. The van der Waals surface area contributed by atoms with Gasteiger partial charge in [-0.15, -0.1) is 0 Å². The minimum absolute atomic E-state index is 0.0432. The molecule has 0 bridgehead atoms. The van der Waals surface area contributed by atoms with Crippen molar-refractivity contribution in [2.45, 2.75) is 6.92 Å². The molecular weight excluding hydrogens is 464 g/mol. The molecule has 3 aromatic carbocycles. The van der Waals surface area contributed by atoms with Crippen LogP contribution in [0.4, 0.5) is 11.4 Å². The monoisotopic (exact) mass is 486 g/mol. The van der Waals surface area contributed by atoms with Gasteiger partial charge < -0.3 is 20.0 Å². The number of carbonyl (C=O) groups excluding carboxylic acids is 2. The first-order valence-electron chi connectivity index (χ1n) is 11.2. The summed E-state index contributed by atoms with van der Waals surface area (Å²) < 4.78 is 6.00. The Morgan fingerprint density at radius 2 is 1.91 bits per heavy atom. The molecule has 0 atom stereocenters. The number of amides is 2. The topological polar surface area (TPSA) is 87.5 Å². The molecule has 0 spiro atoms. The first kappa shape index (κ1) is 22.7. The van der Waals surface area contributed by atoms with Crippen LogP contribution in [0.25, 0.3) is 22.8 Å². The summed E-state index contributed by atoms with van der Waals surface area (Å²) in [6.45, 7) is 3.51. The maximum absolute atomic E-state index is 13.2. The van der Waals surface area contributed by atoms with Gasteiger partial charge in [-0.1, -0.05) is 53.6 Å². The van der Waals surface area contributed by atoms with E-state index in [4.69, 9.17) is 16.0 Å². The molecule has 4 aromatic rings. The Hall–Kier alpha value is -4.10. The van der Waals surface area contributed by atoms with E-state index in [2.05, 4.69) is 15.6 Å². The first-order chi connectivity index (χ1) is 17.0. The fraction of sp³-hybridized carbons (Fsp3) is 0.148. The van der Waals surface area contributed by atoms with Crippen LogP contribution < -0.4 is 15.5 Å². The number of hydrogen-bond acceptors (Lipinski definition) is 5. The molecule has 1 fully saturated rings. The van der Waals surface area contributed by atoms with Crippen molar-refractivity contribution in [3.8, 4) is 22.8 Å². The highest BCUT2D eigenvalue weighted by atomic mass is 35.5. The van der Waals surface area contributed by atoms with E-state index in [0.717, 1.165) is 16.8 Å². The van der Waals surface area contributed by atoms with Gasteiger partial charge >= 0.3 is 0 Å². The lowest BCUT2D eigenvalue weighted by Gasteiger charge is -2.29. The Kier molecular flexibility index (Phi) is 6.25. The molecule has 0 aliphatic carbocycles. The first-order valence-corrected chi connectivity index (χ1v) is 11.6. The summed E-state index contributed by atoms with van der Waals surface area (Å²) in [6, 6.07) is 20.4. The SMILES string of the molecule is Cc1ccc(-c2cnc(-c3ccccc3C(=O)Nc3ccc(N4CCNC(=O)C4)c(Cl)c3)o2)cc1. The number of nitrogens with zero attached hydrogens (tertiary/aromatic N) is 2. The summed E-state index contributed by atoms with van der Waals surface area (Å²) in [5, 5.41) is 6.16. The number of benzene rings is 3. The lowest BCUT2D eigenvalue weighted by molar-refractivity contribution is -0.120. The summed E-state index contributed by atoms with van der Waals surface area (Å²) in [5.41, 5.74) is 4.39. The second kappa shape index (κ2) is 9.64. The van der Waals surface area contributed by atoms with Crippen LogP contribution in [0.2, 0.25) is 5.02 Å². The van der Waals surface area contributed by atoms with Crippen LogP contribution in [0.15, 0.2) is 77.3 Å². The second-order valence-corrected chi connectivity index (χ2v) is 8.74. The van der Waals surface area contributed by atoms with E-state index in [1.165, 1.54) is 0 Å². The van der Waals surface area contributed by atoms with Crippen LogP contribution in [-0.2, 0) is 4.79 Å². The maximum Gasteiger partial charge on any atom is 0.256 e. The zero-order valence-corrected chi connectivity index (χ0v) is 19.8. The standard InChI is InChI=1S/C27H23ClN4O3/c1-17-6-8-18(9-7-17)24-15-30-27(35-24)21-5-3-2-4-20(21)26(34)31-19-10-11-23(22(28)14-19)32-13-12-29-25(33)16-32/h2-11,14-15H,12-13,16H2,1H3,(H,29,33)(H,31,34). The molecule has 1 saturated heterocycles. The van der Waals surface area contributed by atoms with Crippen LogP contribution in [0.5, 0.6) is 0 Å². The van der Waals surface area contributed by atoms with Crippen molar-refractivity contribution >= 4 is 34.8 Å². The normalized spacial score (nSPS) is 13.4. The molecule has 0 radical (unpaired) electrons. The lowest BCUT2D eigenvalue weighted by Crippen LogP contribution is -2.47. The molecule has 7 nitrogen and oxygen atoms in total. The smallest absolute Gasteiger partial charge is 0.256 e. The average molecular weight is 487 g/mol. The number of oxazole rings is 1. The van der Waals surface area contributed by atoms with Gasteiger partial charge in [-0.3, -0.25) is 9.59 Å². The van der Waals surface area contributed by atoms with Crippen molar-refractivity contribution in [3.05, 3.63) is 89.1 Å². The third-order valence-electron chi connectivity index (χ3n) is 5.83. The van der Waals surface area contributed by atoms with Gasteiger partial charge in [0.15, 0.2) is 5.76 Å². The van der Waals surface area contributed by atoms with E-state index in [1.54, 1.807) is 36.5 Å². The number of anilines is 2. The molecule has 5 rings (SSSR count). The number of hydrogen-bond donors (Lipinski definition) is 2. The van der Waals surface area contributed by atoms with Gasteiger partial charge in [0.1, 0.15) is 0 Å². The second-order valence-electron chi connectivity index (χ2n) is 8.33. The van der Waals surface area contributed by atoms with Crippen LogP contribution in [0.3, 0.4) is 0 Å². The van der Waals surface area contributed by atoms with Crippen molar-refractivity contribution in [1.82, 2.24) is 10.3 Å². The fourth-order valence-corrected chi connectivity index (χ4v) is 4.30. The Morgan fingerprint density at radius 3 is 2.69 bits per heavy atom. The molecule has 176 valence electrons. The molecule has 35 heavy (non-hydrogen) atoms. The lowest BCUT2D eigenvalue weighted by atomic mass is 10.1. The number of nitrogens with one attached hydrogen (secondary N) is 2. The van der Waals surface area contributed by atoms with Crippen LogP contribution in [-0.4, -0.2) is 36.4 Å². The number of carbonyl (C=O) groups is 2. The van der Waals surface area contributed by atoms with Crippen molar-refractivity contribution in [1.29, 1.82) is 0 Å². The molecule has 1 aromatic heterocycles. The Morgan fingerprint density at radius 1 is 1.11 bits per heavy atom. The predicted molar refractivity (Wildman–Crippen MR) is 137 cm³/mol. The maximum atomic E-state index is 13.2. The number of halogens is 1. The molecule has 0 saturated carbocycles. The van der Waals surface area contributed by atoms with Crippen molar-refractivity contribution in [2.75, 3.05) is 29.9 Å². The van der Waals surface area contributed by atoms with E-state index in [1.807, 2.05) is 48.2 Å². The highest BCUT2D eigenvalue weighted by Crippen LogP contribution is 2.31. The number of aromatic nitrogens is 1. The summed E-state index contributed by atoms with van der Waals surface area (Å²) in [7, 11) is 0. The zero-order chi connectivity index (χ0) is 24.4. The van der Waals surface area contributed by atoms with Gasteiger partial charge in [0.2, 0.25) is 11.8 Å². The van der Waals surface area contributed by atoms with E-state index < -0.39 is 0 Å². The summed E-state index contributed by atoms with van der Waals surface area (Å²) in [4.78, 5) is 31.2. The highest BCUT2D eigenvalue weighted by Gasteiger charge is 2.20. The van der Waals surface area contributed by atoms with Crippen LogP contribution in [0, 0.1) is 6.92 Å². The Bertz CT molecular complexity index is 1400. The number of piperazine rings is 1. The summed E-state index contributed by atoms with van der Waals surface area (Å²) in [6.07, 6.45) is 1.66. The number of aryl methyl sites for hydroxylation is 1. The molecule has 1 aliphatic rings. The van der Waals surface area contributed by atoms with Gasteiger partial charge in [-0.2, -0.15) is 0 Å². The quantitative estimate of drug-likeness (QED) is 0.407. The van der Waals surface area contributed by atoms with E-state index in [9.17, 15) is 9.59 Å². The van der Waals surface area contributed by atoms with Gasteiger partial charge in [0, 0.05) is 29.9 Å². The molecule has 1 aliphatic heterocycles. The predicted octanol–water partition coefficient (Wildman–Crippen LogP) is 5.16. The zero-order valence-electron chi connectivity index (χ0n) is 19.0. The minimum Gasteiger partial charge on any atom is -0.436 e. The third kappa shape index (κ3) is 4.90. The summed E-state index contributed by atoms with van der Waals surface area (Å²) in [5.74, 6) is 0.641. The minimum atomic E-state index is -0.308. The van der Waals surface area contributed by atoms with Gasteiger partial charge in [0.05, 0.1) is 29.0 Å². The van der Waals surface area contributed by atoms with Crippen molar-refractivity contribution < 1.29 is 14.0 Å². The fourth-order valence-electron chi connectivity index (χ4n) is 4.00.